The maximum Gasteiger partial charge on any atom is 0.270 e. The van der Waals surface area contributed by atoms with Gasteiger partial charge in [-0.1, -0.05) is 18.2 Å². The van der Waals surface area contributed by atoms with Crippen molar-refractivity contribution in [3.05, 3.63) is 95.3 Å². The van der Waals surface area contributed by atoms with Crippen LogP contribution in [0.25, 0.3) is 0 Å². The van der Waals surface area contributed by atoms with Crippen LogP contribution in [-0.2, 0) is 13.1 Å². The monoisotopic (exact) mass is 364 g/mol. The van der Waals surface area contributed by atoms with E-state index in [0.717, 1.165) is 11.1 Å². The first-order valence-corrected chi connectivity index (χ1v) is 8.28. The van der Waals surface area contributed by atoms with Gasteiger partial charge in [0, 0.05) is 25.5 Å². The van der Waals surface area contributed by atoms with E-state index in [2.05, 4.69) is 20.6 Å². The molecule has 27 heavy (non-hydrogen) atoms. The number of nitrogens with one attached hydrogen (secondary N) is 2. The van der Waals surface area contributed by atoms with Gasteiger partial charge in [-0.25, -0.2) is 9.37 Å². The lowest BCUT2D eigenvalue weighted by Crippen LogP contribution is -2.27. The Kier molecular flexibility index (Phi) is 5.84. The maximum atomic E-state index is 12.9. The molecule has 2 aromatic heterocycles. The SMILES string of the molecule is O=C(NCc1ccncc1)c1cccc(C(=O)NCc2ccc(F)cc2)n1. The van der Waals surface area contributed by atoms with Gasteiger partial charge in [0.1, 0.15) is 17.2 Å². The summed E-state index contributed by atoms with van der Waals surface area (Å²) in [4.78, 5) is 32.5. The number of carbonyl (C=O) groups is 2. The first kappa shape index (κ1) is 18.2. The predicted molar refractivity (Wildman–Crippen MR) is 97.2 cm³/mol. The lowest BCUT2D eigenvalue weighted by atomic mass is 10.2. The van der Waals surface area contributed by atoms with Gasteiger partial charge >= 0.3 is 0 Å². The highest BCUT2D eigenvalue weighted by atomic mass is 19.1. The molecule has 0 radical (unpaired) electrons. The standard InChI is InChI=1S/C20H17FN4O2/c21-16-6-4-14(5-7-16)12-23-19(26)17-2-1-3-18(25-17)20(27)24-13-15-8-10-22-11-9-15/h1-11H,12-13H2,(H,23,26)(H,24,27). The number of nitrogens with zero attached hydrogens (tertiary/aromatic N) is 2. The van der Waals surface area contributed by atoms with Gasteiger partial charge in [0.15, 0.2) is 0 Å². The Labute approximate surface area is 155 Å². The number of halogens is 1. The summed E-state index contributed by atoms with van der Waals surface area (Å²) in [7, 11) is 0. The molecule has 0 fully saturated rings. The second-order valence-corrected chi connectivity index (χ2v) is 5.76. The number of hydrogen-bond acceptors (Lipinski definition) is 4. The number of rotatable bonds is 6. The van der Waals surface area contributed by atoms with Gasteiger partial charge in [-0.3, -0.25) is 14.6 Å². The molecule has 2 amide bonds. The van der Waals surface area contributed by atoms with Crippen molar-refractivity contribution < 1.29 is 14.0 Å². The fourth-order valence-electron chi connectivity index (χ4n) is 2.34. The minimum Gasteiger partial charge on any atom is -0.347 e. The number of benzene rings is 1. The fourth-order valence-corrected chi connectivity index (χ4v) is 2.34. The van der Waals surface area contributed by atoms with Crippen LogP contribution in [0.3, 0.4) is 0 Å². The van der Waals surface area contributed by atoms with Crippen molar-refractivity contribution in [1.82, 2.24) is 20.6 Å². The third kappa shape index (κ3) is 5.18. The summed E-state index contributed by atoms with van der Waals surface area (Å²) in [6, 6.07) is 14.1. The highest BCUT2D eigenvalue weighted by molar-refractivity contribution is 5.96. The predicted octanol–water partition coefficient (Wildman–Crippen LogP) is 2.48. The van der Waals surface area contributed by atoms with Crippen LogP contribution in [0, 0.1) is 5.82 Å². The molecular weight excluding hydrogens is 347 g/mol. The lowest BCUT2D eigenvalue weighted by Gasteiger charge is -2.07. The molecule has 7 heteroatoms. The first-order chi connectivity index (χ1) is 13.1. The van der Waals surface area contributed by atoms with E-state index in [4.69, 9.17) is 0 Å². The lowest BCUT2D eigenvalue weighted by molar-refractivity contribution is 0.0941. The van der Waals surface area contributed by atoms with Crippen molar-refractivity contribution in [1.29, 1.82) is 0 Å². The van der Waals surface area contributed by atoms with Gasteiger partial charge < -0.3 is 10.6 Å². The fraction of sp³-hybridized carbons (Fsp3) is 0.100. The van der Waals surface area contributed by atoms with Gasteiger partial charge in [-0.2, -0.15) is 0 Å². The summed E-state index contributed by atoms with van der Waals surface area (Å²) in [5.41, 5.74) is 1.95. The van der Waals surface area contributed by atoms with E-state index in [0.29, 0.717) is 6.54 Å². The first-order valence-electron chi connectivity index (χ1n) is 8.28. The molecule has 2 N–H and O–H groups in total. The van der Waals surface area contributed by atoms with Crippen molar-refractivity contribution in [3.8, 4) is 0 Å². The van der Waals surface area contributed by atoms with E-state index in [9.17, 15) is 14.0 Å². The van der Waals surface area contributed by atoms with Crippen molar-refractivity contribution in [2.75, 3.05) is 0 Å². The summed E-state index contributed by atoms with van der Waals surface area (Å²) < 4.78 is 12.9. The van der Waals surface area contributed by atoms with Gasteiger partial charge in [-0.15, -0.1) is 0 Å². The van der Waals surface area contributed by atoms with Crippen LogP contribution in [0.2, 0.25) is 0 Å². The third-order valence-electron chi connectivity index (χ3n) is 3.78. The Morgan fingerprint density at radius 1 is 0.778 bits per heavy atom. The number of aromatic nitrogens is 2. The maximum absolute atomic E-state index is 12.9. The van der Waals surface area contributed by atoms with Crippen molar-refractivity contribution >= 4 is 11.8 Å². The zero-order chi connectivity index (χ0) is 19.1. The minimum absolute atomic E-state index is 0.133. The van der Waals surface area contributed by atoms with Gasteiger partial charge in [0.25, 0.3) is 11.8 Å². The zero-order valence-corrected chi connectivity index (χ0v) is 14.4. The smallest absolute Gasteiger partial charge is 0.270 e. The summed E-state index contributed by atoms with van der Waals surface area (Å²) in [6.07, 6.45) is 3.29. The Balaban J connectivity index is 1.59. The van der Waals surface area contributed by atoms with Crippen LogP contribution in [-0.4, -0.2) is 21.8 Å². The van der Waals surface area contributed by atoms with Crippen LogP contribution < -0.4 is 10.6 Å². The Bertz CT molecular complexity index is 930. The molecule has 0 aliphatic heterocycles. The molecule has 2 heterocycles. The van der Waals surface area contributed by atoms with Crippen molar-refractivity contribution in [2.45, 2.75) is 13.1 Å². The molecule has 0 aliphatic carbocycles. The molecule has 1 aromatic carbocycles. The second-order valence-electron chi connectivity index (χ2n) is 5.76. The Morgan fingerprint density at radius 2 is 1.30 bits per heavy atom. The topological polar surface area (TPSA) is 84.0 Å². The zero-order valence-electron chi connectivity index (χ0n) is 14.4. The molecule has 0 bridgehead atoms. The van der Waals surface area contributed by atoms with Crippen molar-refractivity contribution in [2.24, 2.45) is 0 Å². The van der Waals surface area contributed by atoms with Crippen molar-refractivity contribution in [3.63, 3.8) is 0 Å². The number of amides is 2. The molecule has 136 valence electrons. The van der Waals surface area contributed by atoms with E-state index in [1.54, 1.807) is 48.8 Å². The van der Waals surface area contributed by atoms with E-state index < -0.39 is 5.91 Å². The molecule has 6 nitrogen and oxygen atoms in total. The van der Waals surface area contributed by atoms with Crippen LogP contribution in [0.4, 0.5) is 4.39 Å². The second kappa shape index (κ2) is 8.66. The summed E-state index contributed by atoms with van der Waals surface area (Å²) in [5.74, 6) is -1.12. The number of pyridine rings is 2. The average Bonchev–Trinajstić information content (AvgIpc) is 2.72. The molecule has 0 unspecified atom stereocenters. The molecule has 0 saturated heterocycles. The van der Waals surface area contributed by atoms with E-state index in [-0.39, 0.29) is 29.7 Å². The molecule has 0 atom stereocenters. The third-order valence-corrected chi connectivity index (χ3v) is 3.78. The number of carbonyl (C=O) groups excluding carboxylic acids is 2. The quantitative estimate of drug-likeness (QED) is 0.704. The minimum atomic E-state index is -0.414. The van der Waals surface area contributed by atoms with E-state index in [1.165, 1.54) is 18.2 Å². The highest BCUT2D eigenvalue weighted by Crippen LogP contribution is 2.04. The Hall–Kier alpha value is -3.61. The molecule has 3 aromatic rings. The molecule has 0 spiro atoms. The molecular formula is C20H17FN4O2. The largest absolute Gasteiger partial charge is 0.347 e. The van der Waals surface area contributed by atoms with Crippen LogP contribution in [0.1, 0.15) is 32.1 Å². The normalized spacial score (nSPS) is 10.3. The molecule has 0 saturated carbocycles. The van der Waals surface area contributed by atoms with Gasteiger partial charge in [0.05, 0.1) is 0 Å². The summed E-state index contributed by atoms with van der Waals surface area (Å²) in [5, 5.41) is 5.44. The molecule has 3 rings (SSSR count). The van der Waals surface area contributed by atoms with Gasteiger partial charge in [-0.05, 0) is 47.5 Å². The number of hydrogen-bond donors (Lipinski definition) is 2. The van der Waals surface area contributed by atoms with E-state index >= 15 is 0 Å². The average molecular weight is 364 g/mol. The highest BCUT2D eigenvalue weighted by Gasteiger charge is 2.12. The van der Waals surface area contributed by atoms with Crippen LogP contribution in [0.5, 0.6) is 0 Å². The van der Waals surface area contributed by atoms with Crippen LogP contribution >= 0.6 is 0 Å². The van der Waals surface area contributed by atoms with Crippen LogP contribution in [0.15, 0.2) is 67.0 Å². The summed E-state index contributed by atoms with van der Waals surface area (Å²) in [6.45, 7) is 0.573. The molecule has 0 aliphatic rings. The van der Waals surface area contributed by atoms with E-state index in [1.807, 2.05) is 0 Å². The Morgan fingerprint density at radius 3 is 1.85 bits per heavy atom. The summed E-state index contributed by atoms with van der Waals surface area (Å²) >= 11 is 0. The van der Waals surface area contributed by atoms with Gasteiger partial charge in [0.2, 0.25) is 0 Å².